The lowest BCUT2D eigenvalue weighted by Gasteiger charge is -2.28. The van der Waals surface area contributed by atoms with E-state index >= 15 is 0 Å². The monoisotopic (exact) mass is 263 g/mol. The maximum atomic E-state index is 9.94. The average Bonchev–Trinajstić information content (AvgIpc) is 2.50. The molecule has 0 aromatic heterocycles. The standard InChI is InChI=1S/C18H17NO/c19-18-16-8-7-13-12-4-2-1-3-11(12)5-6-14(13)15(16)9-10-17(18)20/h1-8,17-18,20H,9-10,19H2. The van der Waals surface area contributed by atoms with Crippen LogP contribution in [0.5, 0.6) is 0 Å². The molecule has 100 valence electrons. The molecule has 2 nitrogen and oxygen atoms in total. The fourth-order valence-electron chi connectivity index (χ4n) is 3.44. The third-order valence-corrected chi connectivity index (χ3v) is 4.54. The van der Waals surface area contributed by atoms with Crippen molar-refractivity contribution in [3.8, 4) is 0 Å². The Morgan fingerprint density at radius 3 is 2.60 bits per heavy atom. The Morgan fingerprint density at radius 1 is 0.900 bits per heavy atom. The van der Waals surface area contributed by atoms with Gasteiger partial charge in [-0.15, -0.1) is 0 Å². The number of aliphatic hydroxyl groups excluding tert-OH is 1. The summed E-state index contributed by atoms with van der Waals surface area (Å²) >= 11 is 0. The Labute approximate surface area is 117 Å². The summed E-state index contributed by atoms with van der Waals surface area (Å²) in [6, 6.07) is 16.8. The Hall–Kier alpha value is -1.90. The van der Waals surface area contributed by atoms with E-state index in [0.717, 1.165) is 18.4 Å². The van der Waals surface area contributed by atoms with Crippen molar-refractivity contribution in [2.24, 2.45) is 5.73 Å². The molecular formula is C18H17NO. The van der Waals surface area contributed by atoms with Gasteiger partial charge in [-0.3, -0.25) is 0 Å². The minimum absolute atomic E-state index is 0.255. The fraction of sp³-hybridized carbons (Fsp3) is 0.222. The number of hydrogen-bond donors (Lipinski definition) is 2. The fourth-order valence-corrected chi connectivity index (χ4v) is 3.44. The largest absolute Gasteiger partial charge is 0.391 e. The van der Waals surface area contributed by atoms with Crippen molar-refractivity contribution in [1.82, 2.24) is 0 Å². The van der Waals surface area contributed by atoms with Crippen LogP contribution in [-0.4, -0.2) is 11.2 Å². The first-order valence-corrected chi connectivity index (χ1v) is 7.12. The molecule has 2 heteroatoms. The third-order valence-electron chi connectivity index (χ3n) is 4.54. The number of hydrogen-bond acceptors (Lipinski definition) is 2. The van der Waals surface area contributed by atoms with Crippen molar-refractivity contribution in [2.45, 2.75) is 25.0 Å². The molecule has 3 aromatic rings. The summed E-state index contributed by atoms with van der Waals surface area (Å²) in [6.45, 7) is 0. The van der Waals surface area contributed by atoms with Gasteiger partial charge < -0.3 is 10.8 Å². The van der Waals surface area contributed by atoms with Crippen molar-refractivity contribution in [3.63, 3.8) is 0 Å². The molecular weight excluding hydrogens is 246 g/mol. The van der Waals surface area contributed by atoms with Gasteiger partial charge in [0, 0.05) is 0 Å². The normalized spacial score (nSPS) is 22.1. The summed E-state index contributed by atoms with van der Waals surface area (Å²) in [5.41, 5.74) is 8.56. The summed E-state index contributed by atoms with van der Waals surface area (Å²) < 4.78 is 0. The molecule has 2 unspecified atom stereocenters. The van der Waals surface area contributed by atoms with Gasteiger partial charge in [-0.2, -0.15) is 0 Å². The van der Waals surface area contributed by atoms with Gasteiger partial charge in [-0.1, -0.05) is 48.5 Å². The van der Waals surface area contributed by atoms with Crippen LogP contribution in [0.25, 0.3) is 21.5 Å². The number of nitrogens with two attached hydrogens (primary N) is 1. The second kappa shape index (κ2) is 4.30. The predicted octanol–water partition coefficient (Wildman–Crippen LogP) is 3.30. The van der Waals surface area contributed by atoms with Gasteiger partial charge in [0.2, 0.25) is 0 Å². The van der Waals surface area contributed by atoms with Crippen LogP contribution in [0.1, 0.15) is 23.6 Å². The van der Waals surface area contributed by atoms with Crippen molar-refractivity contribution in [2.75, 3.05) is 0 Å². The Bertz CT molecular complexity index is 809. The third kappa shape index (κ3) is 1.59. The van der Waals surface area contributed by atoms with E-state index in [2.05, 4.69) is 48.5 Å². The Morgan fingerprint density at radius 2 is 1.70 bits per heavy atom. The lowest BCUT2D eigenvalue weighted by Crippen LogP contribution is -2.31. The first kappa shape index (κ1) is 11.9. The lowest BCUT2D eigenvalue weighted by molar-refractivity contribution is 0.128. The molecule has 0 bridgehead atoms. The molecule has 0 saturated carbocycles. The molecule has 0 spiro atoms. The molecule has 0 radical (unpaired) electrons. The summed E-state index contributed by atoms with van der Waals surface area (Å²) in [4.78, 5) is 0. The Balaban J connectivity index is 2.08. The van der Waals surface area contributed by atoms with Crippen LogP contribution >= 0.6 is 0 Å². The molecule has 1 aliphatic carbocycles. The van der Waals surface area contributed by atoms with E-state index in [0.29, 0.717) is 0 Å². The van der Waals surface area contributed by atoms with Gasteiger partial charge in [0.15, 0.2) is 0 Å². The van der Waals surface area contributed by atoms with Gasteiger partial charge in [-0.05, 0) is 45.5 Å². The van der Waals surface area contributed by atoms with E-state index in [9.17, 15) is 5.11 Å². The second-order valence-electron chi connectivity index (χ2n) is 5.65. The van der Waals surface area contributed by atoms with Crippen LogP contribution in [-0.2, 0) is 6.42 Å². The van der Waals surface area contributed by atoms with Gasteiger partial charge in [0.25, 0.3) is 0 Å². The SMILES string of the molecule is NC1c2ccc3c(ccc4ccccc43)c2CCC1O. The van der Waals surface area contributed by atoms with E-state index < -0.39 is 6.10 Å². The summed E-state index contributed by atoms with van der Waals surface area (Å²) in [7, 11) is 0. The van der Waals surface area contributed by atoms with Crippen molar-refractivity contribution >= 4 is 21.5 Å². The number of rotatable bonds is 0. The topological polar surface area (TPSA) is 46.2 Å². The molecule has 20 heavy (non-hydrogen) atoms. The van der Waals surface area contributed by atoms with Crippen molar-refractivity contribution < 1.29 is 5.11 Å². The minimum atomic E-state index is -0.416. The average molecular weight is 263 g/mol. The predicted molar refractivity (Wildman–Crippen MR) is 82.7 cm³/mol. The van der Waals surface area contributed by atoms with Gasteiger partial charge in [0.05, 0.1) is 12.1 Å². The molecule has 3 N–H and O–H groups in total. The van der Waals surface area contributed by atoms with Crippen LogP contribution in [0, 0.1) is 0 Å². The molecule has 0 aliphatic heterocycles. The molecule has 0 heterocycles. The van der Waals surface area contributed by atoms with Gasteiger partial charge >= 0.3 is 0 Å². The van der Waals surface area contributed by atoms with Crippen molar-refractivity contribution in [3.05, 3.63) is 59.7 Å². The summed E-state index contributed by atoms with van der Waals surface area (Å²) in [5, 5.41) is 15.1. The quantitative estimate of drug-likeness (QED) is 0.611. The zero-order valence-corrected chi connectivity index (χ0v) is 11.2. The van der Waals surface area contributed by atoms with Gasteiger partial charge in [0.1, 0.15) is 0 Å². The molecule has 4 rings (SSSR count). The molecule has 2 atom stereocenters. The zero-order chi connectivity index (χ0) is 13.7. The van der Waals surface area contributed by atoms with Gasteiger partial charge in [-0.25, -0.2) is 0 Å². The molecule has 0 fully saturated rings. The molecule has 0 amide bonds. The van der Waals surface area contributed by atoms with Crippen LogP contribution in [0.4, 0.5) is 0 Å². The Kier molecular flexibility index (Phi) is 2.56. The van der Waals surface area contributed by atoms with Crippen LogP contribution in [0.3, 0.4) is 0 Å². The number of aliphatic hydroxyl groups is 1. The molecule has 3 aromatic carbocycles. The van der Waals surface area contributed by atoms with Crippen LogP contribution in [0.2, 0.25) is 0 Å². The van der Waals surface area contributed by atoms with E-state index in [1.807, 2.05) is 0 Å². The highest BCUT2D eigenvalue weighted by molar-refractivity contribution is 6.08. The van der Waals surface area contributed by atoms with E-state index in [1.165, 1.54) is 27.1 Å². The smallest absolute Gasteiger partial charge is 0.0736 e. The van der Waals surface area contributed by atoms with Crippen LogP contribution < -0.4 is 5.73 Å². The highest BCUT2D eigenvalue weighted by Gasteiger charge is 2.26. The zero-order valence-electron chi connectivity index (χ0n) is 11.2. The molecule has 1 aliphatic rings. The number of fused-ring (bicyclic) bond motifs is 5. The minimum Gasteiger partial charge on any atom is -0.391 e. The van der Waals surface area contributed by atoms with Crippen LogP contribution in [0.15, 0.2) is 48.5 Å². The maximum Gasteiger partial charge on any atom is 0.0736 e. The molecule has 0 saturated heterocycles. The summed E-state index contributed by atoms with van der Waals surface area (Å²) in [6.07, 6.45) is 1.24. The first-order valence-electron chi connectivity index (χ1n) is 7.12. The first-order chi connectivity index (χ1) is 9.75. The highest BCUT2D eigenvalue weighted by Crippen LogP contribution is 2.36. The second-order valence-corrected chi connectivity index (χ2v) is 5.65. The van der Waals surface area contributed by atoms with E-state index in [-0.39, 0.29) is 6.04 Å². The lowest BCUT2D eigenvalue weighted by atomic mass is 9.82. The highest BCUT2D eigenvalue weighted by atomic mass is 16.3. The summed E-state index contributed by atoms with van der Waals surface area (Å²) in [5.74, 6) is 0. The van der Waals surface area contributed by atoms with E-state index in [1.54, 1.807) is 0 Å². The van der Waals surface area contributed by atoms with E-state index in [4.69, 9.17) is 5.73 Å². The number of benzene rings is 3. The number of aryl methyl sites for hydroxylation is 1. The maximum absolute atomic E-state index is 9.94. The van der Waals surface area contributed by atoms with Crippen molar-refractivity contribution in [1.29, 1.82) is 0 Å².